The molecule has 11 heavy (non-hydrogen) atoms. The average molecular weight is 190 g/mol. The van der Waals surface area contributed by atoms with Gasteiger partial charge in [0, 0.05) is 6.92 Å². The molecule has 0 aliphatic rings. The summed E-state index contributed by atoms with van der Waals surface area (Å²) in [5.74, 6) is -0.833. The van der Waals surface area contributed by atoms with Crippen molar-refractivity contribution in [2.75, 3.05) is 0 Å². The van der Waals surface area contributed by atoms with Gasteiger partial charge >= 0.3 is 67.3 Å². The van der Waals surface area contributed by atoms with Crippen molar-refractivity contribution in [3.63, 3.8) is 0 Å². The van der Waals surface area contributed by atoms with Gasteiger partial charge in [-0.15, -0.1) is 0 Å². The van der Waals surface area contributed by atoms with Gasteiger partial charge in [0.05, 0.1) is 0 Å². The van der Waals surface area contributed by atoms with E-state index in [1.807, 2.05) is 0 Å². The fourth-order valence-corrected chi connectivity index (χ4v) is 0. The van der Waals surface area contributed by atoms with Crippen LogP contribution in [0.25, 0.3) is 0 Å². The van der Waals surface area contributed by atoms with Crippen LogP contribution in [-0.4, -0.2) is 11.1 Å². The van der Waals surface area contributed by atoms with Crippen LogP contribution in [0.15, 0.2) is 0 Å². The predicted molar refractivity (Wildman–Crippen MR) is 14.7 cm³/mol. The van der Waals surface area contributed by atoms with Gasteiger partial charge in [-0.1, -0.05) is 0 Å². The Kier molecular flexibility index (Phi) is 22.0. The molecule has 0 radical (unpaired) electrons. The van der Waals surface area contributed by atoms with Gasteiger partial charge in [-0.3, -0.25) is 4.79 Å². The van der Waals surface area contributed by atoms with Crippen molar-refractivity contribution in [3.05, 3.63) is 0 Å². The third-order valence-corrected chi connectivity index (χ3v) is 0. The fraction of sp³-hybridized carbons (Fsp3) is 0.500. The number of hydrogen-bond acceptors (Lipinski definition) is 5. The molecule has 1 N–H and O–H groups in total. The molecule has 0 fully saturated rings. The Balaban J connectivity index is -0.0000000383. The SMILES string of the molecule is CC(=O)O.[Li+].[Li+].[O]=[Cr](=[O])([O-])[O-]. The van der Waals surface area contributed by atoms with E-state index >= 15 is 0 Å². The van der Waals surface area contributed by atoms with E-state index in [2.05, 4.69) is 0 Å². The van der Waals surface area contributed by atoms with E-state index in [0.717, 1.165) is 6.92 Å². The zero-order valence-corrected chi connectivity index (χ0v) is 7.67. The zero-order chi connectivity index (χ0) is 8.08. The van der Waals surface area contributed by atoms with Crippen molar-refractivity contribution in [3.8, 4) is 0 Å². The van der Waals surface area contributed by atoms with Crippen molar-refractivity contribution in [1.29, 1.82) is 0 Å². The maximum absolute atomic E-state index is 9.00. The van der Waals surface area contributed by atoms with Gasteiger partial charge in [0.15, 0.2) is 0 Å². The summed E-state index contributed by atoms with van der Waals surface area (Å²) in [5, 5.41) is 7.42. The Labute approximate surface area is 89.7 Å². The normalized spacial score (nSPS) is 7.55. The van der Waals surface area contributed by atoms with Gasteiger partial charge in [0.1, 0.15) is 0 Å². The third-order valence-electron chi connectivity index (χ3n) is 0. The zero-order valence-electron chi connectivity index (χ0n) is 6.40. The van der Waals surface area contributed by atoms with Crippen LogP contribution in [0.1, 0.15) is 6.92 Å². The summed E-state index contributed by atoms with van der Waals surface area (Å²) in [5.41, 5.74) is 0. The number of aliphatic carboxylic acids is 1. The molecule has 0 aromatic rings. The quantitative estimate of drug-likeness (QED) is 0.379. The van der Waals surface area contributed by atoms with Gasteiger partial charge in [0.25, 0.3) is 5.97 Å². The molecule has 0 rings (SSSR count). The van der Waals surface area contributed by atoms with Crippen molar-refractivity contribution in [1.82, 2.24) is 0 Å². The van der Waals surface area contributed by atoms with Crippen LogP contribution in [0.5, 0.6) is 0 Å². The molecule has 0 heterocycles. The third kappa shape index (κ3) is 1580. The van der Waals surface area contributed by atoms with E-state index < -0.39 is 19.6 Å². The molecule has 0 unspecified atom stereocenters. The summed E-state index contributed by atoms with van der Waals surface area (Å²) in [4.78, 5) is 9.00. The van der Waals surface area contributed by atoms with E-state index in [9.17, 15) is 0 Å². The van der Waals surface area contributed by atoms with Gasteiger partial charge in [0.2, 0.25) is 0 Å². The monoisotopic (exact) mass is 190 g/mol. The van der Waals surface area contributed by atoms with E-state index in [0.29, 0.717) is 0 Å². The van der Waals surface area contributed by atoms with Gasteiger partial charge in [-0.2, -0.15) is 0 Å². The first-order valence-electron chi connectivity index (χ1n) is 1.59. The molecule has 9 heteroatoms. The second-order valence-electron chi connectivity index (χ2n) is 0.927. The predicted octanol–water partition coefficient (Wildman–Crippen LogP) is -8.52. The summed E-state index contributed by atoms with van der Waals surface area (Å²) in [6.07, 6.45) is 0. The molecule has 0 amide bonds. The van der Waals surface area contributed by atoms with E-state index in [4.69, 9.17) is 25.8 Å². The number of hydrogen-bond donors (Lipinski definition) is 1. The Morgan fingerprint density at radius 2 is 1.27 bits per heavy atom. The van der Waals surface area contributed by atoms with Crippen LogP contribution in [0.3, 0.4) is 0 Å². The number of carbonyl (C=O) groups is 1. The van der Waals surface area contributed by atoms with Gasteiger partial charge < -0.3 is 5.11 Å². The second kappa shape index (κ2) is 10.7. The Morgan fingerprint density at radius 3 is 1.27 bits per heavy atom. The molecule has 0 aromatic carbocycles. The molecule has 0 aliphatic heterocycles. The summed E-state index contributed by atoms with van der Waals surface area (Å²) in [6.45, 7) is 1.08. The van der Waals surface area contributed by atoms with Crippen molar-refractivity contribution in [2.45, 2.75) is 6.92 Å². The molecule has 0 atom stereocenters. The van der Waals surface area contributed by atoms with Crippen LogP contribution in [0, 0.1) is 0 Å². The number of carboxylic acid groups (broad SMARTS) is 1. The Morgan fingerprint density at radius 1 is 1.27 bits per heavy atom. The van der Waals surface area contributed by atoms with Crippen LogP contribution in [0.2, 0.25) is 0 Å². The molecule has 0 aliphatic carbocycles. The molecule has 6 nitrogen and oxygen atoms in total. The summed E-state index contributed by atoms with van der Waals surface area (Å²) < 4.78 is 34.4. The molecule has 0 bridgehead atoms. The fourth-order valence-electron chi connectivity index (χ4n) is 0. The Hall–Kier alpha value is 0.717. The van der Waals surface area contributed by atoms with Crippen molar-refractivity contribution in [2.24, 2.45) is 0 Å². The van der Waals surface area contributed by atoms with E-state index in [1.165, 1.54) is 0 Å². The van der Waals surface area contributed by atoms with Crippen LogP contribution >= 0.6 is 0 Å². The van der Waals surface area contributed by atoms with E-state index in [-0.39, 0.29) is 37.7 Å². The molecule has 0 saturated heterocycles. The maximum atomic E-state index is 9.00. The van der Waals surface area contributed by atoms with Gasteiger partial charge in [-0.25, -0.2) is 0 Å². The van der Waals surface area contributed by atoms with Crippen LogP contribution < -0.4 is 46.0 Å². The van der Waals surface area contributed by atoms with Crippen LogP contribution in [0.4, 0.5) is 0 Å². The topological polar surface area (TPSA) is 118 Å². The minimum atomic E-state index is -5.75. The van der Waals surface area contributed by atoms with Crippen molar-refractivity contribution >= 4 is 5.97 Å². The molecular formula is C2H4CrLi2O6. The molecule has 0 aromatic heterocycles. The molecule has 0 saturated carbocycles. The Bertz CT molecular complexity index is 161. The second-order valence-corrected chi connectivity index (χ2v) is 2.20. The molecule has 56 valence electrons. The number of rotatable bonds is 0. The first-order chi connectivity index (χ1) is 3.73. The minimum absolute atomic E-state index is 0. The molecular weight excluding hydrogens is 186 g/mol. The summed E-state index contributed by atoms with van der Waals surface area (Å²) >= 11 is -5.75. The number of carboxylic acids is 1. The van der Waals surface area contributed by atoms with Crippen molar-refractivity contribution < 1.29 is 77.2 Å². The first kappa shape index (κ1) is 22.6. The molecule has 0 spiro atoms. The van der Waals surface area contributed by atoms with Gasteiger partial charge in [-0.05, 0) is 0 Å². The van der Waals surface area contributed by atoms with E-state index in [1.54, 1.807) is 0 Å². The average Bonchev–Trinajstić information content (AvgIpc) is 1.19. The summed E-state index contributed by atoms with van der Waals surface area (Å²) in [7, 11) is 0. The standard InChI is InChI=1S/C2H4O2.Cr.2Li.4O/c1-2(3)4;;;;;;;/h1H3,(H,3,4);;;;;;;/q;;2*+1;;;2*-1. The van der Waals surface area contributed by atoms with Crippen LogP contribution in [-0.2, 0) is 26.0 Å². The first-order valence-corrected chi connectivity index (χ1v) is 3.68. The summed E-state index contributed by atoms with van der Waals surface area (Å²) in [6, 6.07) is 0.